The molecule has 94 valence electrons. The predicted octanol–water partition coefficient (Wildman–Crippen LogP) is 3.85. The first-order valence-electron chi connectivity index (χ1n) is 7.03. The standard InChI is InChI=1S/C14H28N2/c1-3-4-5-6-7-8-9-10-12-16-13-11-15-14(16)2/h11,13-15H,3-10,12H2,1-2H3. The van der Waals surface area contributed by atoms with Crippen LogP contribution in [0.2, 0.25) is 0 Å². The molecule has 16 heavy (non-hydrogen) atoms. The quantitative estimate of drug-likeness (QED) is 0.598. The maximum Gasteiger partial charge on any atom is 0.0952 e. The molecule has 0 radical (unpaired) electrons. The van der Waals surface area contributed by atoms with Crippen LogP contribution in [0.25, 0.3) is 0 Å². The van der Waals surface area contributed by atoms with Crippen LogP contribution in [0.15, 0.2) is 12.4 Å². The zero-order valence-electron chi connectivity index (χ0n) is 11.0. The van der Waals surface area contributed by atoms with E-state index >= 15 is 0 Å². The van der Waals surface area contributed by atoms with Crippen molar-refractivity contribution in [3.05, 3.63) is 12.4 Å². The highest BCUT2D eigenvalue weighted by Crippen LogP contribution is 2.10. The van der Waals surface area contributed by atoms with Crippen molar-refractivity contribution in [3.8, 4) is 0 Å². The summed E-state index contributed by atoms with van der Waals surface area (Å²) in [4.78, 5) is 2.39. The molecule has 2 heteroatoms. The molecule has 1 heterocycles. The highest BCUT2D eigenvalue weighted by molar-refractivity contribution is 4.91. The molecule has 1 aliphatic heterocycles. The highest BCUT2D eigenvalue weighted by atomic mass is 15.3. The van der Waals surface area contributed by atoms with E-state index in [4.69, 9.17) is 0 Å². The second-order valence-electron chi connectivity index (χ2n) is 4.87. The van der Waals surface area contributed by atoms with Gasteiger partial charge < -0.3 is 10.2 Å². The molecule has 0 spiro atoms. The summed E-state index contributed by atoms with van der Waals surface area (Å²) < 4.78 is 0. The summed E-state index contributed by atoms with van der Waals surface area (Å²) in [6, 6.07) is 0. The molecular weight excluding hydrogens is 196 g/mol. The van der Waals surface area contributed by atoms with Gasteiger partial charge in [0.1, 0.15) is 0 Å². The van der Waals surface area contributed by atoms with E-state index in [2.05, 4.69) is 36.5 Å². The molecular formula is C14H28N2. The molecule has 1 rings (SSSR count). The van der Waals surface area contributed by atoms with Crippen LogP contribution in [0.4, 0.5) is 0 Å². The molecule has 0 saturated heterocycles. The van der Waals surface area contributed by atoms with Crippen LogP contribution in [-0.4, -0.2) is 17.6 Å². The Morgan fingerprint density at radius 3 is 2.19 bits per heavy atom. The molecule has 2 nitrogen and oxygen atoms in total. The van der Waals surface area contributed by atoms with Gasteiger partial charge in [-0.3, -0.25) is 0 Å². The van der Waals surface area contributed by atoms with Gasteiger partial charge in [-0.05, 0) is 13.3 Å². The molecule has 1 N–H and O–H groups in total. The number of hydrogen-bond donors (Lipinski definition) is 1. The SMILES string of the molecule is CCCCCCCCCCN1C=CNC1C. The summed E-state index contributed by atoms with van der Waals surface area (Å²) in [6.07, 6.45) is 16.0. The number of nitrogens with one attached hydrogen (secondary N) is 1. The van der Waals surface area contributed by atoms with Crippen molar-refractivity contribution >= 4 is 0 Å². The average molecular weight is 224 g/mol. The average Bonchev–Trinajstić information content (AvgIpc) is 2.68. The largest absolute Gasteiger partial charge is 0.370 e. The van der Waals surface area contributed by atoms with Gasteiger partial charge in [0.15, 0.2) is 0 Å². The van der Waals surface area contributed by atoms with Gasteiger partial charge in [-0.2, -0.15) is 0 Å². The van der Waals surface area contributed by atoms with Gasteiger partial charge in [-0.15, -0.1) is 0 Å². The molecule has 0 bridgehead atoms. The third kappa shape index (κ3) is 5.43. The third-order valence-electron chi connectivity index (χ3n) is 3.37. The van der Waals surface area contributed by atoms with Gasteiger partial charge in [0, 0.05) is 18.9 Å². The lowest BCUT2D eigenvalue weighted by molar-refractivity contribution is 0.290. The highest BCUT2D eigenvalue weighted by Gasteiger charge is 2.11. The van der Waals surface area contributed by atoms with Crippen LogP contribution >= 0.6 is 0 Å². The lowest BCUT2D eigenvalue weighted by Crippen LogP contribution is -2.32. The Morgan fingerprint density at radius 1 is 1.00 bits per heavy atom. The minimum atomic E-state index is 0.504. The van der Waals surface area contributed by atoms with Crippen LogP contribution in [-0.2, 0) is 0 Å². The molecule has 1 aliphatic rings. The summed E-state index contributed by atoms with van der Waals surface area (Å²) in [5, 5.41) is 3.29. The van der Waals surface area contributed by atoms with Crippen LogP contribution < -0.4 is 5.32 Å². The van der Waals surface area contributed by atoms with Crippen molar-refractivity contribution in [3.63, 3.8) is 0 Å². The van der Waals surface area contributed by atoms with Crippen LogP contribution in [0.1, 0.15) is 65.2 Å². The second-order valence-corrected chi connectivity index (χ2v) is 4.87. The molecule has 0 saturated carbocycles. The Labute approximate surface area is 101 Å². The summed E-state index contributed by atoms with van der Waals surface area (Å²) in [7, 11) is 0. The molecule has 1 atom stereocenters. The monoisotopic (exact) mass is 224 g/mol. The first kappa shape index (κ1) is 13.4. The van der Waals surface area contributed by atoms with Crippen molar-refractivity contribution < 1.29 is 0 Å². The summed E-state index contributed by atoms with van der Waals surface area (Å²) in [5.41, 5.74) is 0. The Kier molecular flexibility index (Phi) is 7.11. The molecule has 1 unspecified atom stereocenters. The van der Waals surface area contributed by atoms with Gasteiger partial charge in [-0.1, -0.05) is 51.9 Å². The molecule has 0 aliphatic carbocycles. The van der Waals surface area contributed by atoms with Gasteiger partial charge in [0.05, 0.1) is 6.17 Å². The number of rotatable bonds is 9. The summed E-state index contributed by atoms with van der Waals surface area (Å²) in [5.74, 6) is 0. The number of unbranched alkanes of at least 4 members (excludes halogenated alkanes) is 7. The van der Waals surface area contributed by atoms with E-state index in [0.29, 0.717) is 6.17 Å². The van der Waals surface area contributed by atoms with Crippen molar-refractivity contribution in [1.29, 1.82) is 0 Å². The topological polar surface area (TPSA) is 15.3 Å². The zero-order chi connectivity index (χ0) is 11.6. The zero-order valence-corrected chi connectivity index (χ0v) is 11.0. The Morgan fingerprint density at radius 2 is 1.62 bits per heavy atom. The Hall–Kier alpha value is -0.660. The minimum absolute atomic E-state index is 0.504. The van der Waals surface area contributed by atoms with Gasteiger partial charge in [-0.25, -0.2) is 0 Å². The van der Waals surface area contributed by atoms with E-state index in [9.17, 15) is 0 Å². The molecule has 0 aromatic carbocycles. The van der Waals surface area contributed by atoms with E-state index in [0.717, 1.165) is 0 Å². The first-order chi connectivity index (χ1) is 7.84. The maximum atomic E-state index is 3.29. The van der Waals surface area contributed by atoms with Gasteiger partial charge >= 0.3 is 0 Å². The van der Waals surface area contributed by atoms with Gasteiger partial charge in [0.25, 0.3) is 0 Å². The summed E-state index contributed by atoms with van der Waals surface area (Å²) in [6.45, 7) is 5.70. The van der Waals surface area contributed by atoms with Gasteiger partial charge in [0.2, 0.25) is 0 Å². The second kappa shape index (κ2) is 8.49. The Balaban J connectivity index is 1.83. The van der Waals surface area contributed by atoms with Crippen molar-refractivity contribution in [2.75, 3.05) is 6.54 Å². The van der Waals surface area contributed by atoms with E-state index in [1.807, 2.05) is 0 Å². The van der Waals surface area contributed by atoms with Crippen LogP contribution in [0.3, 0.4) is 0 Å². The van der Waals surface area contributed by atoms with Crippen LogP contribution in [0, 0.1) is 0 Å². The van der Waals surface area contributed by atoms with Crippen molar-refractivity contribution in [2.24, 2.45) is 0 Å². The molecule has 0 fully saturated rings. The lowest BCUT2D eigenvalue weighted by atomic mass is 10.1. The normalized spacial score (nSPS) is 19.1. The first-order valence-corrected chi connectivity index (χ1v) is 7.03. The summed E-state index contributed by atoms with van der Waals surface area (Å²) >= 11 is 0. The fourth-order valence-electron chi connectivity index (χ4n) is 2.20. The maximum absolute atomic E-state index is 3.29. The molecule has 0 amide bonds. The van der Waals surface area contributed by atoms with Crippen LogP contribution in [0.5, 0.6) is 0 Å². The Bertz CT molecular complexity index is 189. The van der Waals surface area contributed by atoms with E-state index in [1.54, 1.807) is 0 Å². The smallest absolute Gasteiger partial charge is 0.0952 e. The van der Waals surface area contributed by atoms with Crippen molar-refractivity contribution in [1.82, 2.24) is 10.2 Å². The fraction of sp³-hybridized carbons (Fsp3) is 0.857. The van der Waals surface area contributed by atoms with E-state index in [1.165, 1.54) is 57.9 Å². The van der Waals surface area contributed by atoms with Crippen molar-refractivity contribution in [2.45, 2.75) is 71.4 Å². The number of hydrogen-bond acceptors (Lipinski definition) is 2. The number of nitrogens with zero attached hydrogens (tertiary/aromatic N) is 1. The third-order valence-corrected chi connectivity index (χ3v) is 3.37. The molecule has 0 aromatic rings. The molecule has 0 aromatic heterocycles. The minimum Gasteiger partial charge on any atom is -0.370 e. The van der Waals surface area contributed by atoms with E-state index < -0.39 is 0 Å². The fourth-order valence-corrected chi connectivity index (χ4v) is 2.20. The van der Waals surface area contributed by atoms with E-state index in [-0.39, 0.29) is 0 Å². The predicted molar refractivity (Wildman–Crippen MR) is 71.1 cm³/mol. The lowest BCUT2D eigenvalue weighted by Gasteiger charge is -2.21.